The van der Waals surface area contributed by atoms with Crippen LogP contribution in [0.1, 0.15) is 0 Å². The van der Waals surface area contributed by atoms with Crippen LogP contribution in [-0.2, 0) is 0 Å². The van der Waals surface area contributed by atoms with E-state index in [0.717, 1.165) is 18.9 Å². The molecule has 0 saturated heterocycles. The maximum absolute atomic E-state index is 13.6. The Hall–Kier alpha value is -2.01. The lowest BCUT2D eigenvalue weighted by Gasteiger charge is -2.17. The zero-order valence-electron chi connectivity index (χ0n) is 11.1. The van der Waals surface area contributed by atoms with Crippen molar-refractivity contribution in [3.05, 3.63) is 42.2 Å². The third-order valence-corrected chi connectivity index (χ3v) is 2.89. The van der Waals surface area contributed by atoms with Crippen LogP contribution in [0.25, 0.3) is 11.3 Å². The second-order valence-electron chi connectivity index (χ2n) is 4.28. The predicted molar refractivity (Wildman–Crippen MR) is 74.6 cm³/mol. The minimum Gasteiger partial charge on any atom is -0.357 e. The molecule has 19 heavy (non-hydrogen) atoms. The molecule has 0 radical (unpaired) electrons. The number of aromatic nitrogens is 2. The molecule has 0 spiro atoms. The van der Waals surface area contributed by atoms with Crippen LogP contribution in [0.4, 0.5) is 10.2 Å². The van der Waals surface area contributed by atoms with Gasteiger partial charge in [0.25, 0.3) is 0 Å². The molecule has 1 N–H and O–H groups in total. The lowest BCUT2D eigenvalue weighted by Crippen LogP contribution is -2.27. The highest BCUT2D eigenvalue weighted by atomic mass is 19.1. The Morgan fingerprint density at radius 3 is 2.58 bits per heavy atom. The Kier molecular flexibility index (Phi) is 4.41. The van der Waals surface area contributed by atoms with Gasteiger partial charge in [0.05, 0.1) is 5.69 Å². The van der Waals surface area contributed by atoms with Gasteiger partial charge in [-0.05, 0) is 31.3 Å². The van der Waals surface area contributed by atoms with Crippen LogP contribution in [0.5, 0.6) is 0 Å². The highest BCUT2D eigenvalue weighted by molar-refractivity contribution is 5.60. The molecule has 1 heterocycles. The van der Waals surface area contributed by atoms with Crippen molar-refractivity contribution in [2.24, 2.45) is 0 Å². The number of anilines is 1. The zero-order chi connectivity index (χ0) is 13.7. The first-order valence-corrected chi connectivity index (χ1v) is 6.16. The molecule has 2 aromatic rings. The zero-order valence-corrected chi connectivity index (χ0v) is 11.1. The van der Waals surface area contributed by atoms with Crippen molar-refractivity contribution in [1.82, 2.24) is 15.5 Å². The molecule has 0 unspecified atom stereocenters. The van der Waals surface area contributed by atoms with Crippen molar-refractivity contribution in [3.8, 4) is 11.3 Å². The van der Waals surface area contributed by atoms with Crippen LogP contribution in [0.2, 0.25) is 0 Å². The van der Waals surface area contributed by atoms with E-state index in [1.54, 1.807) is 24.3 Å². The van der Waals surface area contributed by atoms with E-state index in [-0.39, 0.29) is 5.82 Å². The Morgan fingerprint density at radius 2 is 1.95 bits per heavy atom. The summed E-state index contributed by atoms with van der Waals surface area (Å²) in [6.45, 7) is 1.71. The number of halogens is 1. The van der Waals surface area contributed by atoms with Crippen LogP contribution in [0.3, 0.4) is 0 Å². The fourth-order valence-corrected chi connectivity index (χ4v) is 1.74. The molecule has 0 saturated carbocycles. The van der Waals surface area contributed by atoms with Gasteiger partial charge in [0.1, 0.15) is 5.82 Å². The van der Waals surface area contributed by atoms with Gasteiger partial charge in [-0.2, -0.15) is 0 Å². The molecule has 0 amide bonds. The topological polar surface area (TPSA) is 41.0 Å². The molecular weight excluding hydrogens is 243 g/mol. The summed E-state index contributed by atoms with van der Waals surface area (Å²) in [5.74, 6) is 0.489. The van der Waals surface area contributed by atoms with E-state index in [1.165, 1.54) is 6.07 Å². The Balaban J connectivity index is 2.17. The maximum atomic E-state index is 13.6. The largest absolute Gasteiger partial charge is 0.357 e. The highest BCUT2D eigenvalue weighted by Crippen LogP contribution is 2.20. The minimum absolute atomic E-state index is 0.284. The van der Waals surface area contributed by atoms with Gasteiger partial charge in [0, 0.05) is 25.7 Å². The molecule has 1 aromatic carbocycles. The summed E-state index contributed by atoms with van der Waals surface area (Å²) in [4.78, 5) is 1.99. The van der Waals surface area contributed by atoms with Crippen molar-refractivity contribution in [2.45, 2.75) is 0 Å². The Morgan fingerprint density at radius 1 is 1.16 bits per heavy atom. The van der Waals surface area contributed by atoms with E-state index in [0.29, 0.717) is 11.3 Å². The smallest absolute Gasteiger partial charge is 0.151 e. The second kappa shape index (κ2) is 6.24. The summed E-state index contributed by atoms with van der Waals surface area (Å²) >= 11 is 0. The first-order chi connectivity index (χ1) is 9.22. The van der Waals surface area contributed by atoms with Crippen LogP contribution in [-0.4, -0.2) is 37.4 Å². The highest BCUT2D eigenvalue weighted by Gasteiger charge is 2.07. The second-order valence-corrected chi connectivity index (χ2v) is 4.28. The fourth-order valence-electron chi connectivity index (χ4n) is 1.74. The quantitative estimate of drug-likeness (QED) is 0.892. The lowest BCUT2D eigenvalue weighted by atomic mass is 10.1. The Bertz CT molecular complexity index is 527. The summed E-state index contributed by atoms with van der Waals surface area (Å²) in [5.41, 5.74) is 1.02. The number of benzene rings is 1. The van der Waals surface area contributed by atoms with Gasteiger partial charge >= 0.3 is 0 Å². The molecule has 2 rings (SSSR count). The molecular formula is C14H17FN4. The number of hydrogen-bond donors (Lipinski definition) is 1. The molecule has 100 valence electrons. The first-order valence-electron chi connectivity index (χ1n) is 6.16. The van der Waals surface area contributed by atoms with Gasteiger partial charge in [-0.1, -0.05) is 12.1 Å². The van der Waals surface area contributed by atoms with Gasteiger partial charge in [-0.15, -0.1) is 10.2 Å². The lowest BCUT2D eigenvalue weighted by molar-refractivity contribution is 0.630. The average molecular weight is 260 g/mol. The van der Waals surface area contributed by atoms with Crippen molar-refractivity contribution >= 4 is 5.82 Å². The third kappa shape index (κ3) is 3.26. The maximum Gasteiger partial charge on any atom is 0.151 e. The molecule has 0 aliphatic rings. The van der Waals surface area contributed by atoms with E-state index in [2.05, 4.69) is 15.5 Å². The van der Waals surface area contributed by atoms with Crippen molar-refractivity contribution in [2.75, 3.05) is 32.1 Å². The third-order valence-electron chi connectivity index (χ3n) is 2.89. The van der Waals surface area contributed by atoms with Crippen LogP contribution < -0.4 is 10.2 Å². The number of rotatable bonds is 5. The SMILES string of the molecule is CNCCN(C)c1ccc(-c2ccccc2F)nn1. The molecule has 0 atom stereocenters. The van der Waals surface area contributed by atoms with Crippen LogP contribution in [0, 0.1) is 5.82 Å². The van der Waals surface area contributed by atoms with Crippen molar-refractivity contribution in [3.63, 3.8) is 0 Å². The number of nitrogens with one attached hydrogen (secondary N) is 1. The summed E-state index contributed by atoms with van der Waals surface area (Å²) in [6, 6.07) is 10.2. The summed E-state index contributed by atoms with van der Waals surface area (Å²) < 4.78 is 13.6. The molecule has 1 aromatic heterocycles. The molecule has 0 fully saturated rings. The number of nitrogens with zero attached hydrogens (tertiary/aromatic N) is 3. The van der Waals surface area contributed by atoms with E-state index >= 15 is 0 Å². The average Bonchev–Trinajstić information content (AvgIpc) is 2.45. The van der Waals surface area contributed by atoms with Crippen LogP contribution >= 0.6 is 0 Å². The molecule has 4 nitrogen and oxygen atoms in total. The van der Waals surface area contributed by atoms with Gasteiger partial charge in [0.15, 0.2) is 5.82 Å². The molecule has 5 heteroatoms. The van der Waals surface area contributed by atoms with Crippen molar-refractivity contribution in [1.29, 1.82) is 0 Å². The van der Waals surface area contributed by atoms with Crippen molar-refractivity contribution < 1.29 is 4.39 Å². The van der Waals surface area contributed by atoms with Gasteiger partial charge < -0.3 is 10.2 Å². The monoisotopic (exact) mass is 260 g/mol. The molecule has 0 bridgehead atoms. The summed E-state index contributed by atoms with van der Waals surface area (Å²) in [6.07, 6.45) is 0. The first kappa shape index (κ1) is 13.4. The van der Waals surface area contributed by atoms with E-state index < -0.39 is 0 Å². The standard InChI is InChI=1S/C14H17FN4/c1-16-9-10-19(2)14-8-7-13(17-18-14)11-5-3-4-6-12(11)15/h3-8,16H,9-10H2,1-2H3. The van der Waals surface area contributed by atoms with Gasteiger partial charge in [0.2, 0.25) is 0 Å². The summed E-state index contributed by atoms with van der Waals surface area (Å²) in [7, 11) is 3.85. The van der Waals surface area contributed by atoms with E-state index in [9.17, 15) is 4.39 Å². The molecule has 0 aliphatic carbocycles. The number of likely N-dealkylation sites (N-methyl/N-ethyl adjacent to an activating group) is 2. The molecule has 0 aliphatic heterocycles. The predicted octanol–water partition coefficient (Wildman–Crippen LogP) is 1.94. The van der Waals surface area contributed by atoms with E-state index in [4.69, 9.17) is 0 Å². The normalized spacial score (nSPS) is 10.5. The van der Waals surface area contributed by atoms with Crippen LogP contribution in [0.15, 0.2) is 36.4 Å². The van der Waals surface area contributed by atoms with Gasteiger partial charge in [-0.25, -0.2) is 4.39 Å². The van der Waals surface area contributed by atoms with E-state index in [1.807, 2.05) is 25.1 Å². The minimum atomic E-state index is -0.284. The Labute approximate surface area is 112 Å². The number of hydrogen-bond acceptors (Lipinski definition) is 4. The van der Waals surface area contributed by atoms with Gasteiger partial charge in [-0.3, -0.25) is 0 Å². The fraction of sp³-hybridized carbons (Fsp3) is 0.286. The summed E-state index contributed by atoms with van der Waals surface area (Å²) in [5, 5.41) is 11.3.